The molecule has 3 N–H and O–H groups in total. The third-order valence-corrected chi connectivity index (χ3v) is 6.43. The van der Waals surface area contributed by atoms with Crippen molar-refractivity contribution in [3.05, 3.63) is 51.7 Å². The molecule has 0 spiro atoms. The Kier molecular flexibility index (Phi) is 6.79. The van der Waals surface area contributed by atoms with Gasteiger partial charge in [-0.3, -0.25) is 14.4 Å². The molecule has 0 radical (unpaired) electrons. The van der Waals surface area contributed by atoms with Crippen molar-refractivity contribution in [2.45, 2.75) is 53.0 Å². The molecule has 0 saturated carbocycles. The molecule has 0 bridgehead atoms. The highest BCUT2D eigenvalue weighted by atomic mass is 32.1. The van der Waals surface area contributed by atoms with E-state index < -0.39 is 17.2 Å². The summed E-state index contributed by atoms with van der Waals surface area (Å²) in [4.78, 5) is 40.4. The number of nitrogens with two attached hydrogens (primary N) is 1. The predicted octanol–water partition coefficient (Wildman–Crippen LogP) is 3.88. The highest BCUT2D eigenvalue weighted by Gasteiger charge is 2.30. The lowest BCUT2D eigenvalue weighted by atomic mass is 9.94. The van der Waals surface area contributed by atoms with Crippen LogP contribution in [0.25, 0.3) is 0 Å². The van der Waals surface area contributed by atoms with Crippen molar-refractivity contribution in [2.24, 2.45) is 11.1 Å². The topological polar surface area (TPSA) is 92.5 Å². The molecule has 1 aromatic carbocycles. The van der Waals surface area contributed by atoms with E-state index in [-0.39, 0.29) is 24.8 Å². The van der Waals surface area contributed by atoms with E-state index in [1.54, 1.807) is 32.9 Å². The Bertz CT molecular complexity index is 993. The van der Waals surface area contributed by atoms with E-state index in [0.29, 0.717) is 10.6 Å². The number of nitrogens with zero attached hydrogens (tertiary/aromatic N) is 1. The van der Waals surface area contributed by atoms with Crippen LogP contribution in [0.1, 0.15) is 60.0 Å². The fourth-order valence-electron chi connectivity index (χ4n) is 3.74. The number of halogens is 1. The first kappa shape index (κ1) is 22.9. The summed E-state index contributed by atoms with van der Waals surface area (Å²) in [6, 6.07) is 5.83. The monoisotopic (exact) mass is 445 g/mol. The van der Waals surface area contributed by atoms with Crippen molar-refractivity contribution in [3.8, 4) is 0 Å². The molecule has 0 aliphatic heterocycles. The minimum atomic E-state index is -0.694. The summed E-state index contributed by atoms with van der Waals surface area (Å²) in [7, 11) is 0. The molecule has 1 aromatic heterocycles. The number of fused-ring (bicyclic) bond motifs is 1. The zero-order valence-electron chi connectivity index (χ0n) is 18.1. The van der Waals surface area contributed by atoms with Gasteiger partial charge < -0.3 is 16.0 Å². The summed E-state index contributed by atoms with van der Waals surface area (Å²) < 4.78 is 13.2. The molecule has 1 aliphatic rings. The zero-order valence-corrected chi connectivity index (χ0v) is 18.9. The molecule has 3 rings (SSSR count). The molecule has 31 heavy (non-hydrogen) atoms. The molecule has 8 heteroatoms. The quantitative estimate of drug-likeness (QED) is 0.707. The van der Waals surface area contributed by atoms with Crippen LogP contribution in [0, 0.1) is 11.2 Å². The van der Waals surface area contributed by atoms with Gasteiger partial charge in [0.1, 0.15) is 17.4 Å². The molecule has 0 saturated heterocycles. The van der Waals surface area contributed by atoms with Crippen LogP contribution in [0.5, 0.6) is 0 Å². The van der Waals surface area contributed by atoms with Gasteiger partial charge in [0.15, 0.2) is 0 Å². The number of hydrogen-bond donors (Lipinski definition) is 2. The number of primary amides is 1. The number of rotatable bonds is 6. The molecule has 0 atom stereocenters. The highest BCUT2D eigenvalue weighted by molar-refractivity contribution is 7.17. The average Bonchev–Trinajstić information content (AvgIpc) is 3.05. The average molecular weight is 446 g/mol. The maximum atomic E-state index is 13.2. The number of nitrogens with one attached hydrogen (secondary N) is 1. The van der Waals surface area contributed by atoms with Gasteiger partial charge in [0.2, 0.25) is 11.8 Å². The molecule has 1 aliphatic carbocycles. The maximum absolute atomic E-state index is 13.2. The predicted molar refractivity (Wildman–Crippen MR) is 119 cm³/mol. The molecule has 6 nitrogen and oxygen atoms in total. The molecule has 2 aromatic rings. The normalized spacial score (nSPS) is 13.4. The van der Waals surface area contributed by atoms with Crippen LogP contribution < -0.4 is 11.1 Å². The summed E-state index contributed by atoms with van der Waals surface area (Å²) >= 11 is 1.39. The Hall–Kier alpha value is -2.74. The van der Waals surface area contributed by atoms with Crippen molar-refractivity contribution in [3.63, 3.8) is 0 Å². The standard InChI is InChI=1S/C23H28FN3O3S/c1-23(2,3)22(30)27(12-14-8-10-15(24)11-9-14)13-18(28)26-21-19(20(25)29)16-6-4-5-7-17(16)31-21/h8-11H,4-7,12-13H2,1-3H3,(H2,25,29)(H,26,28). The van der Waals surface area contributed by atoms with E-state index in [2.05, 4.69) is 5.32 Å². The van der Waals surface area contributed by atoms with E-state index in [4.69, 9.17) is 5.73 Å². The van der Waals surface area contributed by atoms with E-state index in [0.717, 1.165) is 41.7 Å². The Morgan fingerprint density at radius 3 is 2.39 bits per heavy atom. The number of aryl methyl sites for hydroxylation is 1. The van der Waals surface area contributed by atoms with Crippen molar-refractivity contribution < 1.29 is 18.8 Å². The number of carbonyl (C=O) groups excluding carboxylic acids is 3. The second-order valence-corrected chi connectivity index (χ2v) is 9.97. The Morgan fingerprint density at radius 2 is 1.77 bits per heavy atom. The van der Waals surface area contributed by atoms with Crippen molar-refractivity contribution in [1.29, 1.82) is 0 Å². The zero-order chi connectivity index (χ0) is 22.8. The minimum absolute atomic E-state index is 0.174. The van der Waals surface area contributed by atoms with Crippen LogP contribution in [-0.4, -0.2) is 29.2 Å². The molecule has 3 amide bonds. The number of benzene rings is 1. The van der Waals surface area contributed by atoms with E-state index >= 15 is 0 Å². The summed E-state index contributed by atoms with van der Waals surface area (Å²) in [5.74, 6) is -1.52. The molecule has 1 heterocycles. The number of carbonyl (C=O) groups is 3. The number of anilines is 1. The SMILES string of the molecule is CC(C)(C)C(=O)N(CC(=O)Nc1sc2c(c1C(N)=O)CCCC2)Cc1ccc(F)cc1. The van der Waals surface area contributed by atoms with Crippen LogP contribution in [-0.2, 0) is 29.0 Å². The lowest BCUT2D eigenvalue weighted by Crippen LogP contribution is -2.43. The molecular formula is C23H28FN3O3S. The van der Waals surface area contributed by atoms with Crippen LogP contribution in [0.15, 0.2) is 24.3 Å². The van der Waals surface area contributed by atoms with Gasteiger partial charge in [-0.2, -0.15) is 0 Å². The summed E-state index contributed by atoms with van der Waals surface area (Å²) in [5.41, 5.74) is 6.95. The van der Waals surface area contributed by atoms with Gasteiger partial charge in [0.05, 0.1) is 5.56 Å². The van der Waals surface area contributed by atoms with Crippen LogP contribution in [0.2, 0.25) is 0 Å². The van der Waals surface area contributed by atoms with Crippen LogP contribution >= 0.6 is 11.3 Å². The second kappa shape index (κ2) is 9.18. The van der Waals surface area contributed by atoms with Crippen LogP contribution in [0.4, 0.5) is 9.39 Å². The smallest absolute Gasteiger partial charge is 0.251 e. The minimum Gasteiger partial charge on any atom is -0.365 e. The van der Waals surface area contributed by atoms with Crippen molar-refractivity contribution >= 4 is 34.1 Å². The van der Waals surface area contributed by atoms with Crippen LogP contribution in [0.3, 0.4) is 0 Å². The maximum Gasteiger partial charge on any atom is 0.251 e. The number of thiophene rings is 1. The summed E-state index contributed by atoms with van der Waals surface area (Å²) in [6.07, 6.45) is 3.68. The van der Waals surface area contributed by atoms with Gasteiger partial charge in [-0.1, -0.05) is 32.9 Å². The first-order valence-corrected chi connectivity index (χ1v) is 11.2. The third-order valence-electron chi connectivity index (χ3n) is 5.22. The van der Waals surface area contributed by atoms with Gasteiger partial charge in [-0.05, 0) is 48.9 Å². The summed E-state index contributed by atoms with van der Waals surface area (Å²) in [6.45, 7) is 5.33. The summed E-state index contributed by atoms with van der Waals surface area (Å²) in [5, 5.41) is 3.26. The van der Waals surface area contributed by atoms with Gasteiger partial charge in [-0.15, -0.1) is 11.3 Å². The largest absolute Gasteiger partial charge is 0.365 e. The number of amides is 3. The van der Waals surface area contributed by atoms with Gasteiger partial charge >= 0.3 is 0 Å². The third kappa shape index (κ3) is 5.50. The van der Waals surface area contributed by atoms with Crippen molar-refractivity contribution in [1.82, 2.24) is 4.90 Å². The van der Waals surface area contributed by atoms with E-state index in [1.807, 2.05) is 0 Å². The van der Waals surface area contributed by atoms with E-state index in [1.165, 1.54) is 28.4 Å². The first-order valence-electron chi connectivity index (χ1n) is 10.3. The lowest BCUT2D eigenvalue weighted by molar-refractivity contribution is -0.142. The fraction of sp³-hybridized carbons (Fsp3) is 0.435. The molecule has 0 fully saturated rings. The Labute approximate surface area is 185 Å². The van der Waals surface area contributed by atoms with E-state index in [9.17, 15) is 18.8 Å². The Balaban J connectivity index is 1.80. The van der Waals surface area contributed by atoms with Gasteiger partial charge in [-0.25, -0.2) is 4.39 Å². The second-order valence-electron chi connectivity index (χ2n) is 8.87. The Morgan fingerprint density at radius 1 is 1.13 bits per heavy atom. The molecule has 0 unspecified atom stereocenters. The lowest BCUT2D eigenvalue weighted by Gasteiger charge is -2.29. The van der Waals surface area contributed by atoms with Gasteiger partial charge in [0, 0.05) is 16.8 Å². The highest BCUT2D eigenvalue weighted by Crippen LogP contribution is 2.37. The number of hydrogen-bond acceptors (Lipinski definition) is 4. The van der Waals surface area contributed by atoms with Gasteiger partial charge in [0.25, 0.3) is 5.91 Å². The first-order chi connectivity index (χ1) is 14.6. The van der Waals surface area contributed by atoms with Crippen molar-refractivity contribution in [2.75, 3.05) is 11.9 Å². The molecule has 166 valence electrons. The molecular weight excluding hydrogens is 417 g/mol. The fourth-order valence-corrected chi connectivity index (χ4v) is 5.05.